The van der Waals surface area contributed by atoms with Gasteiger partial charge < -0.3 is 4.57 Å². The van der Waals surface area contributed by atoms with Gasteiger partial charge >= 0.3 is 0 Å². The Morgan fingerprint density at radius 2 is 1.24 bits per heavy atom. The Bertz CT molecular complexity index is 984. The highest BCUT2D eigenvalue weighted by Gasteiger charge is 2.16. The smallest absolute Gasteiger partial charge is 0.116 e. The van der Waals surface area contributed by atoms with Gasteiger partial charge in [0.15, 0.2) is 0 Å². The van der Waals surface area contributed by atoms with Crippen LogP contribution >= 0.6 is 0 Å². The fourth-order valence-electron chi connectivity index (χ4n) is 3.20. The molecule has 4 aromatic rings. The number of hydrogen-bond donors (Lipinski definition) is 0. The maximum Gasteiger partial charge on any atom is 0.116 e. The number of benzene rings is 3. The molecule has 1 aromatic heterocycles. The van der Waals surface area contributed by atoms with Gasteiger partial charge in [-0.2, -0.15) is 0 Å². The zero-order valence-electron chi connectivity index (χ0n) is 14.2. The first-order chi connectivity index (χ1) is 12.2. The molecule has 0 amide bonds. The lowest BCUT2D eigenvalue weighted by Crippen LogP contribution is -2.07. The molecule has 0 atom stereocenters. The molecule has 1 nitrogen and oxygen atoms in total. The van der Waals surface area contributed by atoms with E-state index in [-0.39, 0.29) is 0 Å². The first-order valence-corrected chi connectivity index (χ1v) is 8.43. The second-order valence-electron chi connectivity index (χ2n) is 6.24. The van der Waals surface area contributed by atoms with Gasteiger partial charge in [0.05, 0.1) is 5.69 Å². The molecule has 0 aliphatic heterocycles. The van der Waals surface area contributed by atoms with Crippen molar-refractivity contribution in [3.63, 3.8) is 0 Å². The molecule has 0 aliphatic rings. The summed E-state index contributed by atoms with van der Waals surface area (Å²) in [4.78, 5) is 0. The molecular formula is C23H18BN. The van der Waals surface area contributed by atoms with Crippen molar-refractivity contribution in [1.29, 1.82) is 0 Å². The third-order valence-corrected chi connectivity index (χ3v) is 4.44. The fourth-order valence-corrected chi connectivity index (χ4v) is 3.20. The normalized spacial score (nSPS) is 10.8. The van der Waals surface area contributed by atoms with Gasteiger partial charge in [-0.25, -0.2) is 0 Å². The summed E-state index contributed by atoms with van der Waals surface area (Å²) in [7, 11) is 6.46. The molecule has 0 aliphatic carbocycles. The average Bonchev–Trinajstić information content (AvgIpc) is 3.01. The van der Waals surface area contributed by atoms with E-state index in [0.29, 0.717) is 0 Å². The van der Waals surface area contributed by atoms with Crippen molar-refractivity contribution in [3.05, 3.63) is 96.6 Å². The SMILES string of the molecule is [B]c1cc(-c2ccccc2)n(-c2ccc(C)cc2)c1-c1ccccc1. The van der Waals surface area contributed by atoms with E-state index in [1.807, 2.05) is 24.3 Å². The summed E-state index contributed by atoms with van der Waals surface area (Å²) in [5.74, 6) is 0. The predicted octanol–water partition coefficient (Wildman–Crippen LogP) is 4.91. The predicted molar refractivity (Wildman–Crippen MR) is 107 cm³/mol. The van der Waals surface area contributed by atoms with Crippen LogP contribution in [0.15, 0.2) is 91.0 Å². The molecule has 0 spiro atoms. The van der Waals surface area contributed by atoms with E-state index < -0.39 is 0 Å². The van der Waals surface area contributed by atoms with Crippen LogP contribution in [0.4, 0.5) is 0 Å². The van der Waals surface area contributed by atoms with E-state index in [1.165, 1.54) is 5.56 Å². The highest BCUT2D eigenvalue weighted by molar-refractivity contribution is 6.36. The van der Waals surface area contributed by atoms with Crippen LogP contribution in [0.3, 0.4) is 0 Å². The van der Waals surface area contributed by atoms with E-state index in [9.17, 15) is 0 Å². The van der Waals surface area contributed by atoms with Gasteiger partial charge in [-0.3, -0.25) is 0 Å². The topological polar surface area (TPSA) is 4.93 Å². The van der Waals surface area contributed by atoms with Crippen LogP contribution in [0.25, 0.3) is 28.2 Å². The highest BCUT2D eigenvalue weighted by atomic mass is 15.0. The van der Waals surface area contributed by atoms with Crippen molar-refractivity contribution in [3.8, 4) is 28.2 Å². The Labute approximate surface area is 150 Å². The van der Waals surface area contributed by atoms with Gasteiger partial charge in [-0.05, 0) is 36.2 Å². The third-order valence-electron chi connectivity index (χ3n) is 4.44. The summed E-state index contributed by atoms with van der Waals surface area (Å²) < 4.78 is 2.25. The van der Waals surface area contributed by atoms with Gasteiger partial charge in [0.2, 0.25) is 0 Å². The summed E-state index contributed by atoms with van der Waals surface area (Å²) in [6.07, 6.45) is 0. The minimum absolute atomic E-state index is 0.783. The fraction of sp³-hybridized carbons (Fsp3) is 0.0435. The van der Waals surface area contributed by atoms with Crippen LogP contribution in [0.2, 0.25) is 0 Å². The first kappa shape index (κ1) is 15.5. The molecule has 0 saturated heterocycles. The largest absolute Gasteiger partial charge is 0.310 e. The average molecular weight is 319 g/mol. The van der Waals surface area contributed by atoms with Crippen molar-refractivity contribution >= 4 is 13.3 Å². The monoisotopic (exact) mass is 319 g/mol. The maximum atomic E-state index is 6.46. The van der Waals surface area contributed by atoms with E-state index in [0.717, 1.165) is 33.7 Å². The zero-order valence-corrected chi connectivity index (χ0v) is 14.2. The molecule has 0 saturated carbocycles. The lowest BCUT2D eigenvalue weighted by molar-refractivity contribution is 1.09. The number of aryl methyl sites for hydroxylation is 1. The van der Waals surface area contributed by atoms with Gasteiger partial charge in [-0.1, -0.05) is 83.8 Å². The number of hydrogen-bond acceptors (Lipinski definition) is 0. The number of aromatic nitrogens is 1. The zero-order chi connectivity index (χ0) is 17.2. The van der Waals surface area contributed by atoms with Crippen LogP contribution in [0.1, 0.15) is 5.56 Å². The van der Waals surface area contributed by atoms with Gasteiger partial charge in [0.25, 0.3) is 0 Å². The minimum atomic E-state index is 0.783. The van der Waals surface area contributed by atoms with Crippen LogP contribution in [-0.4, -0.2) is 12.4 Å². The van der Waals surface area contributed by atoms with Crippen molar-refractivity contribution < 1.29 is 0 Å². The molecule has 3 aromatic carbocycles. The first-order valence-electron chi connectivity index (χ1n) is 8.43. The summed E-state index contributed by atoms with van der Waals surface area (Å²) >= 11 is 0. The Morgan fingerprint density at radius 3 is 1.84 bits per heavy atom. The molecule has 0 fully saturated rings. The number of nitrogens with zero attached hydrogens (tertiary/aromatic N) is 1. The lowest BCUT2D eigenvalue weighted by atomic mass is 9.92. The number of rotatable bonds is 3. The molecule has 25 heavy (non-hydrogen) atoms. The highest BCUT2D eigenvalue weighted by Crippen LogP contribution is 2.30. The Hall–Kier alpha value is -3.00. The minimum Gasteiger partial charge on any atom is -0.310 e. The second-order valence-corrected chi connectivity index (χ2v) is 6.24. The van der Waals surface area contributed by atoms with Crippen molar-refractivity contribution in [1.82, 2.24) is 4.57 Å². The summed E-state index contributed by atoms with van der Waals surface area (Å²) in [5.41, 5.74) is 7.53. The summed E-state index contributed by atoms with van der Waals surface area (Å²) in [6, 6.07) is 31.3. The Morgan fingerprint density at radius 1 is 0.680 bits per heavy atom. The molecule has 4 rings (SSSR count). The molecule has 2 radical (unpaired) electrons. The van der Waals surface area contributed by atoms with E-state index >= 15 is 0 Å². The standard InChI is InChI=1S/C23H18BN/c1-17-12-14-20(15-13-17)25-22(18-8-4-2-5-9-18)16-21(24)23(25)19-10-6-3-7-11-19/h2-16H,1H3. The van der Waals surface area contributed by atoms with Crippen LogP contribution in [0, 0.1) is 6.92 Å². The maximum absolute atomic E-state index is 6.46. The van der Waals surface area contributed by atoms with E-state index in [4.69, 9.17) is 7.85 Å². The van der Waals surface area contributed by atoms with Gasteiger partial charge in [0, 0.05) is 11.4 Å². The summed E-state index contributed by atoms with van der Waals surface area (Å²) in [6.45, 7) is 2.10. The molecule has 1 heterocycles. The van der Waals surface area contributed by atoms with Crippen LogP contribution < -0.4 is 5.46 Å². The molecule has 2 heteroatoms. The van der Waals surface area contributed by atoms with E-state index in [2.05, 4.69) is 78.2 Å². The Kier molecular flexibility index (Phi) is 4.03. The summed E-state index contributed by atoms with van der Waals surface area (Å²) in [5, 5.41) is 0. The van der Waals surface area contributed by atoms with Crippen LogP contribution in [-0.2, 0) is 0 Å². The van der Waals surface area contributed by atoms with Gasteiger partial charge in [-0.15, -0.1) is 0 Å². The third kappa shape index (κ3) is 2.92. The molecule has 0 unspecified atom stereocenters. The lowest BCUT2D eigenvalue weighted by Gasteiger charge is -2.15. The molecule has 0 bridgehead atoms. The van der Waals surface area contributed by atoms with Crippen molar-refractivity contribution in [2.24, 2.45) is 0 Å². The van der Waals surface area contributed by atoms with Crippen LogP contribution in [0.5, 0.6) is 0 Å². The van der Waals surface area contributed by atoms with Crippen molar-refractivity contribution in [2.75, 3.05) is 0 Å². The molecule has 118 valence electrons. The molecular weight excluding hydrogens is 301 g/mol. The van der Waals surface area contributed by atoms with Gasteiger partial charge in [0.1, 0.15) is 7.85 Å². The second kappa shape index (κ2) is 6.48. The van der Waals surface area contributed by atoms with Crippen molar-refractivity contribution in [2.45, 2.75) is 6.92 Å². The Balaban J connectivity index is 2.02. The van der Waals surface area contributed by atoms with E-state index in [1.54, 1.807) is 0 Å². The quantitative estimate of drug-likeness (QED) is 0.473. The molecule has 0 N–H and O–H groups in total.